The highest BCUT2D eigenvalue weighted by atomic mass is 16.3. The summed E-state index contributed by atoms with van der Waals surface area (Å²) in [5.41, 5.74) is 0.350. The van der Waals surface area contributed by atoms with Crippen molar-refractivity contribution in [3.63, 3.8) is 0 Å². The van der Waals surface area contributed by atoms with E-state index in [1.54, 1.807) is 32.1 Å². The molecule has 0 aromatic carbocycles. The van der Waals surface area contributed by atoms with Gasteiger partial charge in [-0.05, 0) is 38.3 Å². The van der Waals surface area contributed by atoms with Gasteiger partial charge >= 0.3 is 0 Å². The zero-order valence-corrected chi connectivity index (χ0v) is 11.7. The van der Waals surface area contributed by atoms with Gasteiger partial charge in [0, 0.05) is 6.42 Å². The first-order valence-electron chi connectivity index (χ1n) is 6.37. The molecule has 19 heavy (non-hydrogen) atoms. The Labute approximate surface area is 113 Å². The number of amides is 2. The SMILES string of the molecule is C=C/C=C(\C(=C/C)C(C)(C)O)C1CCC(=O)NC1=O. The number of nitrogens with one attached hydrogen (secondary N) is 1. The molecule has 1 unspecified atom stereocenters. The van der Waals surface area contributed by atoms with E-state index in [4.69, 9.17) is 0 Å². The van der Waals surface area contributed by atoms with Crippen molar-refractivity contribution in [2.75, 3.05) is 0 Å². The average molecular weight is 263 g/mol. The molecule has 0 saturated carbocycles. The van der Waals surface area contributed by atoms with Gasteiger partial charge in [0.05, 0.1) is 11.5 Å². The number of aliphatic hydroxyl groups is 1. The van der Waals surface area contributed by atoms with Crippen LogP contribution >= 0.6 is 0 Å². The Kier molecular flexibility index (Phi) is 4.84. The Morgan fingerprint density at radius 2 is 2.11 bits per heavy atom. The zero-order chi connectivity index (χ0) is 14.6. The van der Waals surface area contributed by atoms with Crippen LogP contribution in [0.3, 0.4) is 0 Å². The highest BCUT2D eigenvalue weighted by Crippen LogP contribution is 2.33. The van der Waals surface area contributed by atoms with E-state index < -0.39 is 11.5 Å². The van der Waals surface area contributed by atoms with Crippen molar-refractivity contribution in [2.24, 2.45) is 5.92 Å². The Hall–Kier alpha value is -1.68. The minimum absolute atomic E-state index is 0.246. The van der Waals surface area contributed by atoms with Gasteiger partial charge in [-0.3, -0.25) is 14.9 Å². The van der Waals surface area contributed by atoms with Crippen LogP contribution < -0.4 is 5.32 Å². The maximum absolute atomic E-state index is 12.0. The lowest BCUT2D eigenvalue weighted by Crippen LogP contribution is -2.42. The van der Waals surface area contributed by atoms with Crippen molar-refractivity contribution >= 4 is 11.8 Å². The van der Waals surface area contributed by atoms with Gasteiger partial charge in [0.1, 0.15) is 0 Å². The lowest BCUT2D eigenvalue weighted by atomic mass is 9.80. The largest absolute Gasteiger partial charge is 0.386 e. The molecule has 0 aliphatic carbocycles. The van der Waals surface area contributed by atoms with E-state index in [0.717, 1.165) is 5.57 Å². The summed E-state index contributed by atoms with van der Waals surface area (Å²) in [6.45, 7) is 8.81. The summed E-state index contributed by atoms with van der Waals surface area (Å²) in [6.07, 6.45) is 5.88. The van der Waals surface area contributed by atoms with E-state index in [1.165, 1.54) is 0 Å². The van der Waals surface area contributed by atoms with Crippen molar-refractivity contribution in [2.45, 2.75) is 39.2 Å². The fraction of sp³-hybridized carbons (Fsp3) is 0.467. The predicted octanol–water partition coefficient (Wildman–Crippen LogP) is 1.87. The summed E-state index contributed by atoms with van der Waals surface area (Å²) in [4.78, 5) is 23.2. The van der Waals surface area contributed by atoms with E-state index >= 15 is 0 Å². The van der Waals surface area contributed by atoms with Crippen molar-refractivity contribution in [1.82, 2.24) is 5.32 Å². The Bertz CT molecular complexity index is 453. The molecular formula is C15H21NO3. The quantitative estimate of drug-likeness (QED) is 0.601. The molecule has 0 aromatic heterocycles. The van der Waals surface area contributed by atoms with Crippen molar-refractivity contribution < 1.29 is 14.7 Å². The van der Waals surface area contributed by atoms with Gasteiger partial charge < -0.3 is 5.11 Å². The van der Waals surface area contributed by atoms with E-state index in [9.17, 15) is 14.7 Å². The second-order valence-electron chi connectivity index (χ2n) is 5.12. The second kappa shape index (κ2) is 5.97. The third kappa shape index (κ3) is 3.64. The monoisotopic (exact) mass is 263 g/mol. The van der Waals surface area contributed by atoms with Gasteiger partial charge in [-0.25, -0.2) is 0 Å². The minimum Gasteiger partial charge on any atom is -0.386 e. The van der Waals surface area contributed by atoms with Crippen LogP contribution in [-0.4, -0.2) is 22.5 Å². The standard InChI is InChI=1S/C15H21NO3/c1-5-7-10(12(6-2)15(3,4)19)11-8-9-13(17)16-14(11)18/h5-7,11,19H,1,8-9H2,2-4H3,(H,16,17,18)/b10-7-,12-6+. The van der Waals surface area contributed by atoms with Gasteiger partial charge in [-0.1, -0.05) is 24.8 Å². The molecule has 1 atom stereocenters. The van der Waals surface area contributed by atoms with Crippen LogP contribution in [0.2, 0.25) is 0 Å². The molecule has 1 heterocycles. The van der Waals surface area contributed by atoms with E-state index in [-0.39, 0.29) is 11.8 Å². The van der Waals surface area contributed by atoms with Crippen molar-refractivity contribution in [3.05, 3.63) is 36.0 Å². The summed E-state index contributed by atoms with van der Waals surface area (Å²) in [7, 11) is 0. The molecule has 2 amide bonds. The number of allylic oxidation sites excluding steroid dienone is 3. The predicted molar refractivity (Wildman–Crippen MR) is 74.2 cm³/mol. The number of hydrogen-bond donors (Lipinski definition) is 2. The summed E-state index contributed by atoms with van der Waals surface area (Å²) in [6, 6.07) is 0. The molecule has 1 fully saturated rings. The number of imide groups is 1. The highest BCUT2D eigenvalue weighted by molar-refractivity contribution is 6.00. The molecule has 0 bridgehead atoms. The van der Waals surface area contributed by atoms with Crippen molar-refractivity contribution in [3.8, 4) is 0 Å². The number of carbonyl (C=O) groups excluding carboxylic acids is 2. The summed E-state index contributed by atoms with van der Waals surface area (Å²) in [5, 5.41) is 12.5. The summed E-state index contributed by atoms with van der Waals surface area (Å²) in [5.74, 6) is -0.981. The molecule has 4 nitrogen and oxygen atoms in total. The molecule has 2 N–H and O–H groups in total. The van der Waals surface area contributed by atoms with Gasteiger partial charge in [-0.15, -0.1) is 0 Å². The van der Waals surface area contributed by atoms with Crippen LogP contribution in [0.5, 0.6) is 0 Å². The topological polar surface area (TPSA) is 66.4 Å². The smallest absolute Gasteiger partial charge is 0.234 e. The van der Waals surface area contributed by atoms with Crippen molar-refractivity contribution in [1.29, 1.82) is 0 Å². The molecule has 104 valence electrons. The first-order chi connectivity index (χ1) is 8.81. The van der Waals surface area contributed by atoms with Crippen LogP contribution in [0.4, 0.5) is 0 Å². The molecule has 1 rings (SSSR count). The average Bonchev–Trinajstić information content (AvgIpc) is 2.27. The molecule has 1 aliphatic heterocycles. The normalized spacial score (nSPS) is 22.2. The lowest BCUT2D eigenvalue weighted by molar-refractivity contribution is -0.135. The van der Waals surface area contributed by atoms with Gasteiger partial charge in [0.25, 0.3) is 0 Å². The number of carbonyl (C=O) groups is 2. The van der Waals surface area contributed by atoms with Gasteiger partial charge in [0.15, 0.2) is 0 Å². The molecule has 1 aliphatic rings. The maximum atomic E-state index is 12.0. The van der Waals surface area contributed by atoms with Crippen LogP contribution in [0.15, 0.2) is 36.0 Å². The Morgan fingerprint density at radius 1 is 1.47 bits per heavy atom. The highest BCUT2D eigenvalue weighted by Gasteiger charge is 2.34. The second-order valence-corrected chi connectivity index (χ2v) is 5.12. The fourth-order valence-corrected chi connectivity index (χ4v) is 2.38. The first kappa shape index (κ1) is 15.4. The third-order valence-corrected chi connectivity index (χ3v) is 3.17. The summed E-state index contributed by atoms with van der Waals surface area (Å²) >= 11 is 0. The number of piperidine rings is 1. The van der Waals surface area contributed by atoms with E-state index in [1.807, 2.05) is 6.92 Å². The Morgan fingerprint density at radius 3 is 2.53 bits per heavy atom. The van der Waals surface area contributed by atoms with Gasteiger partial charge in [-0.2, -0.15) is 0 Å². The number of rotatable bonds is 4. The molecule has 1 saturated heterocycles. The molecule has 4 heteroatoms. The Balaban J connectivity index is 3.16. The zero-order valence-electron chi connectivity index (χ0n) is 11.7. The molecule has 0 radical (unpaired) electrons. The molecule has 0 spiro atoms. The fourth-order valence-electron chi connectivity index (χ4n) is 2.38. The van der Waals surface area contributed by atoms with E-state index in [2.05, 4.69) is 11.9 Å². The first-order valence-corrected chi connectivity index (χ1v) is 6.37. The molecule has 0 aromatic rings. The molecular weight excluding hydrogens is 242 g/mol. The minimum atomic E-state index is -1.05. The van der Waals surface area contributed by atoms with Crippen LogP contribution in [-0.2, 0) is 9.59 Å². The third-order valence-electron chi connectivity index (χ3n) is 3.17. The van der Waals surface area contributed by atoms with Crippen LogP contribution in [0, 0.1) is 5.92 Å². The van der Waals surface area contributed by atoms with Crippen LogP contribution in [0.1, 0.15) is 33.6 Å². The maximum Gasteiger partial charge on any atom is 0.234 e. The number of hydrogen-bond acceptors (Lipinski definition) is 3. The summed E-state index contributed by atoms with van der Waals surface area (Å²) < 4.78 is 0. The lowest BCUT2D eigenvalue weighted by Gasteiger charge is -2.30. The van der Waals surface area contributed by atoms with E-state index in [0.29, 0.717) is 18.4 Å². The van der Waals surface area contributed by atoms with Crippen LogP contribution in [0.25, 0.3) is 0 Å². The van der Waals surface area contributed by atoms with Gasteiger partial charge in [0.2, 0.25) is 11.8 Å².